The third-order valence-electron chi connectivity index (χ3n) is 3.35. The van der Waals surface area contributed by atoms with Gasteiger partial charge in [-0.25, -0.2) is 12.8 Å². The third-order valence-corrected chi connectivity index (χ3v) is 4.33. The molecule has 0 saturated carbocycles. The maximum absolute atomic E-state index is 13.7. The first-order chi connectivity index (χ1) is 9.78. The third kappa shape index (κ3) is 8.17. The van der Waals surface area contributed by atoms with Gasteiger partial charge in [0, 0.05) is 6.26 Å². The maximum atomic E-state index is 13.7. The van der Waals surface area contributed by atoms with Crippen LogP contribution in [0.25, 0.3) is 0 Å². The Labute approximate surface area is 127 Å². The Morgan fingerprint density at radius 3 is 2.43 bits per heavy atom. The van der Waals surface area contributed by atoms with Crippen molar-refractivity contribution >= 4 is 9.84 Å². The molecule has 0 bridgehead atoms. The lowest BCUT2D eigenvalue weighted by Gasteiger charge is -2.18. The van der Waals surface area contributed by atoms with Crippen molar-refractivity contribution in [2.45, 2.75) is 26.7 Å². The van der Waals surface area contributed by atoms with Crippen molar-refractivity contribution in [3.63, 3.8) is 0 Å². The minimum absolute atomic E-state index is 0.121. The number of benzene rings is 1. The molecule has 0 fully saturated rings. The summed E-state index contributed by atoms with van der Waals surface area (Å²) in [4.78, 5) is 0. The first kappa shape index (κ1) is 18.1. The van der Waals surface area contributed by atoms with Gasteiger partial charge in [-0.05, 0) is 49.4 Å². The lowest BCUT2D eigenvalue weighted by molar-refractivity contribution is 0.431. The first-order valence-electron chi connectivity index (χ1n) is 7.39. The smallest absolute Gasteiger partial charge is 0.147 e. The van der Waals surface area contributed by atoms with Gasteiger partial charge in [-0.2, -0.15) is 0 Å². The lowest BCUT2D eigenvalue weighted by atomic mass is 9.96. The van der Waals surface area contributed by atoms with E-state index in [4.69, 9.17) is 0 Å². The molecular weight excluding hydrogens is 289 g/mol. The van der Waals surface area contributed by atoms with Gasteiger partial charge in [-0.1, -0.05) is 32.0 Å². The number of rotatable bonds is 9. The second-order valence-corrected chi connectivity index (χ2v) is 8.39. The second-order valence-electron chi connectivity index (χ2n) is 6.13. The summed E-state index contributed by atoms with van der Waals surface area (Å²) < 4.78 is 36.4. The summed E-state index contributed by atoms with van der Waals surface area (Å²) in [6, 6.07) is 6.70. The topological polar surface area (TPSA) is 46.2 Å². The molecule has 1 aromatic carbocycles. The summed E-state index contributed by atoms with van der Waals surface area (Å²) in [5.41, 5.74) is 0.655. The predicted octanol–water partition coefficient (Wildman–Crippen LogP) is 2.66. The van der Waals surface area contributed by atoms with Crippen LogP contribution in [0.3, 0.4) is 0 Å². The van der Waals surface area contributed by atoms with Gasteiger partial charge < -0.3 is 5.32 Å². The molecule has 21 heavy (non-hydrogen) atoms. The Kier molecular flexibility index (Phi) is 7.32. The van der Waals surface area contributed by atoms with Crippen molar-refractivity contribution in [3.05, 3.63) is 35.6 Å². The fourth-order valence-electron chi connectivity index (χ4n) is 2.21. The molecule has 0 spiro atoms. The van der Waals surface area contributed by atoms with Crippen LogP contribution in [0.5, 0.6) is 0 Å². The van der Waals surface area contributed by atoms with Crippen molar-refractivity contribution in [3.8, 4) is 0 Å². The molecule has 0 amide bonds. The standard InChI is InChI=1S/C16H26FNO2S/c1-13(2)11-18-12-14(8-9-21(3,19)20)10-15-6-4-5-7-16(15)17/h4-7,13-14,18H,8-12H2,1-3H3. The van der Waals surface area contributed by atoms with Crippen molar-refractivity contribution in [1.82, 2.24) is 5.32 Å². The average Bonchev–Trinajstić information content (AvgIpc) is 2.37. The van der Waals surface area contributed by atoms with Gasteiger partial charge in [0.1, 0.15) is 15.7 Å². The second kappa shape index (κ2) is 8.49. The molecule has 0 aromatic heterocycles. The number of hydrogen-bond acceptors (Lipinski definition) is 3. The van der Waals surface area contributed by atoms with E-state index < -0.39 is 9.84 Å². The molecule has 0 radical (unpaired) electrons. The van der Waals surface area contributed by atoms with Crippen molar-refractivity contribution < 1.29 is 12.8 Å². The van der Waals surface area contributed by atoms with Gasteiger partial charge in [0.05, 0.1) is 5.75 Å². The fourth-order valence-corrected chi connectivity index (χ4v) is 2.97. The van der Waals surface area contributed by atoms with Crippen LogP contribution in [0.4, 0.5) is 4.39 Å². The number of nitrogens with one attached hydrogen (secondary N) is 1. The normalized spacial score (nSPS) is 13.6. The molecule has 1 unspecified atom stereocenters. The summed E-state index contributed by atoms with van der Waals surface area (Å²) in [5, 5.41) is 3.34. The van der Waals surface area contributed by atoms with Crippen molar-refractivity contribution in [1.29, 1.82) is 0 Å². The average molecular weight is 315 g/mol. The molecule has 5 heteroatoms. The molecule has 1 atom stereocenters. The van der Waals surface area contributed by atoms with Gasteiger partial charge in [-0.3, -0.25) is 0 Å². The van der Waals surface area contributed by atoms with Gasteiger partial charge in [0.2, 0.25) is 0 Å². The largest absolute Gasteiger partial charge is 0.316 e. The van der Waals surface area contributed by atoms with Gasteiger partial charge in [0.15, 0.2) is 0 Å². The Balaban J connectivity index is 2.64. The molecule has 1 N–H and O–H groups in total. The van der Waals surface area contributed by atoms with Gasteiger partial charge >= 0.3 is 0 Å². The summed E-state index contributed by atoms with van der Waals surface area (Å²) in [6.45, 7) is 5.83. The SMILES string of the molecule is CC(C)CNCC(CCS(C)(=O)=O)Cc1ccccc1F. The van der Waals surface area contributed by atoms with Gasteiger partial charge in [0.25, 0.3) is 0 Å². The monoisotopic (exact) mass is 315 g/mol. The van der Waals surface area contributed by atoms with Crippen LogP contribution >= 0.6 is 0 Å². The van der Waals surface area contributed by atoms with Crippen LogP contribution in [0.15, 0.2) is 24.3 Å². The van der Waals surface area contributed by atoms with Crippen LogP contribution in [0, 0.1) is 17.7 Å². The van der Waals surface area contributed by atoms with E-state index in [-0.39, 0.29) is 17.5 Å². The first-order valence-corrected chi connectivity index (χ1v) is 9.46. The van der Waals surface area contributed by atoms with E-state index in [1.807, 2.05) is 6.07 Å². The van der Waals surface area contributed by atoms with Crippen molar-refractivity contribution in [2.24, 2.45) is 11.8 Å². The summed E-state index contributed by atoms with van der Waals surface area (Å²) in [7, 11) is -2.98. The molecule has 0 aliphatic rings. The Bertz CT molecular complexity index is 529. The van der Waals surface area contributed by atoms with E-state index in [1.165, 1.54) is 12.3 Å². The van der Waals surface area contributed by atoms with Crippen LogP contribution in [0.2, 0.25) is 0 Å². The zero-order chi connectivity index (χ0) is 15.9. The highest BCUT2D eigenvalue weighted by Gasteiger charge is 2.15. The molecule has 1 rings (SSSR count). The molecule has 0 aliphatic carbocycles. The molecule has 0 aliphatic heterocycles. The summed E-state index contributed by atoms with van der Waals surface area (Å²) in [6.07, 6.45) is 2.36. The van der Waals surface area contributed by atoms with E-state index >= 15 is 0 Å². The van der Waals surface area contributed by atoms with Crippen LogP contribution in [0.1, 0.15) is 25.8 Å². The number of hydrogen-bond donors (Lipinski definition) is 1. The fraction of sp³-hybridized carbons (Fsp3) is 0.625. The Hall–Kier alpha value is -0.940. The maximum Gasteiger partial charge on any atom is 0.147 e. The molecule has 0 saturated heterocycles. The number of halogens is 1. The zero-order valence-electron chi connectivity index (χ0n) is 13.1. The summed E-state index contributed by atoms with van der Waals surface area (Å²) >= 11 is 0. The van der Waals surface area contributed by atoms with Gasteiger partial charge in [-0.15, -0.1) is 0 Å². The Morgan fingerprint density at radius 1 is 1.19 bits per heavy atom. The molecule has 1 aromatic rings. The van der Waals surface area contributed by atoms with E-state index in [2.05, 4.69) is 19.2 Å². The lowest BCUT2D eigenvalue weighted by Crippen LogP contribution is -2.29. The van der Waals surface area contributed by atoms with Crippen LogP contribution in [-0.2, 0) is 16.3 Å². The molecule has 120 valence electrons. The Morgan fingerprint density at radius 2 is 1.86 bits per heavy atom. The molecular formula is C16H26FNO2S. The van der Waals surface area contributed by atoms with Crippen molar-refractivity contribution in [2.75, 3.05) is 25.1 Å². The van der Waals surface area contributed by atoms with E-state index in [0.717, 1.165) is 6.54 Å². The minimum atomic E-state index is -2.98. The summed E-state index contributed by atoms with van der Waals surface area (Å²) in [5.74, 6) is 0.588. The van der Waals surface area contributed by atoms with E-state index in [9.17, 15) is 12.8 Å². The predicted molar refractivity (Wildman–Crippen MR) is 85.6 cm³/mol. The highest BCUT2D eigenvalue weighted by atomic mass is 32.2. The van der Waals surface area contributed by atoms with E-state index in [1.54, 1.807) is 12.1 Å². The molecule has 3 nitrogen and oxygen atoms in total. The zero-order valence-corrected chi connectivity index (χ0v) is 13.9. The quantitative estimate of drug-likeness (QED) is 0.762. The van der Waals surface area contributed by atoms with E-state index in [0.29, 0.717) is 30.9 Å². The highest BCUT2D eigenvalue weighted by molar-refractivity contribution is 7.90. The molecule has 0 heterocycles. The minimum Gasteiger partial charge on any atom is -0.316 e. The van der Waals surface area contributed by atoms with Crippen LogP contribution in [-0.4, -0.2) is 33.5 Å². The van der Waals surface area contributed by atoms with Crippen LogP contribution < -0.4 is 5.32 Å². The number of sulfone groups is 1. The highest BCUT2D eigenvalue weighted by Crippen LogP contribution is 2.16.